The zero-order chi connectivity index (χ0) is 12.4. The van der Waals surface area contributed by atoms with Crippen molar-refractivity contribution in [3.05, 3.63) is 61.1 Å². The molecule has 0 unspecified atom stereocenters. The third-order valence-corrected chi connectivity index (χ3v) is 2.74. The lowest BCUT2D eigenvalue weighted by atomic mass is 10.3. The van der Waals surface area contributed by atoms with Gasteiger partial charge in [0.1, 0.15) is 0 Å². The van der Waals surface area contributed by atoms with Gasteiger partial charge in [-0.05, 0) is 34.5 Å². The lowest BCUT2D eigenvalue weighted by Gasteiger charge is -2.05. The van der Waals surface area contributed by atoms with Crippen LogP contribution in [0.3, 0.4) is 0 Å². The summed E-state index contributed by atoms with van der Waals surface area (Å²) in [5.74, 6) is 0. The summed E-state index contributed by atoms with van der Waals surface area (Å²) >= 11 is 3.31. The van der Waals surface area contributed by atoms with E-state index in [1.165, 1.54) is 4.57 Å². The number of H-pyrrole nitrogens is 1. The first-order valence-corrected chi connectivity index (χ1v) is 5.75. The van der Waals surface area contributed by atoms with Crippen molar-refractivity contribution in [1.29, 1.82) is 0 Å². The number of pyridine rings is 1. The second-order valence-corrected chi connectivity index (χ2v) is 4.63. The molecule has 0 aromatic carbocycles. The van der Waals surface area contributed by atoms with Gasteiger partial charge in [-0.2, -0.15) is 0 Å². The first-order valence-electron chi connectivity index (χ1n) is 4.96. The van der Waals surface area contributed by atoms with Gasteiger partial charge in [-0.3, -0.25) is 19.3 Å². The van der Waals surface area contributed by atoms with Gasteiger partial charge >= 0.3 is 5.69 Å². The summed E-state index contributed by atoms with van der Waals surface area (Å²) in [5, 5.41) is 0. The van der Waals surface area contributed by atoms with Crippen LogP contribution in [0, 0.1) is 6.92 Å². The van der Waals surface area contributed by atoms with Crippen LogP contribution in [0.4, 0.5) is 0 Å². The maximum Gasteiger partial charge on any atom is 0.328 e. The number of nitrogens with zero attached hydrogens (tertiary/aromatic N) is 2. The molecule has 0 aliphatic carbocycles. The minimum atomic E-state index is -0.416. The van der Waals surface area contributed by atoms with Crippen LogP contribution in [-0.4, -0.2) is 14.5 Å². The van der Waals surface area contributed by atoms with Crippen LogP contribution in [0.1, 0.15) is 11.1 Å². The Hall–Kier alpha value is -1.69. The van der Waals surface area contributed by atoms with Crippen molar-refractivity contribution in [3.8, 4) is 0 Å². The molecule has 6 heteroatoms. The Balaban J connectivity index is 2.40. The lowest BCUT2D eigenvalue weighted by Crippen LogP contribution is -2.31. The SMILES string of the molecule is Cc1cn(Cc2cncc(Br)c2)c(=O)[nH]c1=O. The van der Waals surface area contributed by atoms with Crippen LogP contribution < -0.4 is 11.2 Å². The number of hydrogen-bond donors (Lipinski definition) is 1. The molecule has 0 aliphatic rings. The summed E-state index contributed by atoms with van der Waals surface area (Å²) in [5.41, 5.74) is 0.625. The summed E-state index contributed by atoms with van der Waals surface area (Å²) < 4.78 is 2.30. The van der Waals surface area contributed by atoms with Crippen molar-refractivity contribution in [2.45, 2.75) is 13.5 Å². The van der Waals surface area contributed by atoms with Crippen molar-refractivity contribution >= 4 is 15.9 Å². The van der Waals surface area contributed by atoms with E-state index in [0.717, 1.165) is 10.0 Å². The summed E-state index contributed by atoms with van der Waals surface area (Å²) in [4.78, 5) is 29.0. The summed E-state index contributed by atoms with van der Waals surface area (Å²) in [6, 6.07) is 1.87. The van der Waals surface area contributed by atoms with E-state index in [1.54, 1.807) is 25.5 Å². The van der Waals surface area contributed by atoms with E-state index in [0.29, 0.717) is 12.1 Å². The Morgan fingerprint density at radius 1 is 1.41 bits per heavy atom. The fraction of sp³-hybridized carbons (Fsp3) is 0.182. The van der Waals surface area contributed by atoms with Crippen LogP contribution in [0.15, 0.2) is 38.7 Å². The second-order valence-electron chi connectivity index (χ2n) is 3.71. The van der Waals surface area contributed by atoms with E-state index in [2.05, 4.69) is 25.9 Å². The highest BCUT2D eigenvalue weighted by molar-refractivity contribution is 9.10. The average Bonchev–Trinajstić information content (AvgIpc) is 2.26. The third-order valence-electron chi connectivity index (χ3n) is 2.30. The maximum absolute atomic E-state index is 11.6. The van der Waals surface area contributed by atoms with Crippen LogP contribution in [-0.2, 0) is 6.54 Å². The van der Waals surface area contributed by atoms with Crippen molar-refractivity contribution in [3.63, 3.8) is 0 Å². The van der Waals surface area contributed by atoms with Crippen molar-refractivity contribution in [1.82, 2.24) is 14.5 Å². The molecule has 0 amide bonds. The third kappa shape index (κ3) is 2.71. The number of aryl methyl sites for hydroxylation is 1. The van der Waals surface area contributed by atoms with Crippen LogP contribution in [0.25, 0.3) is 0 Å². The summed E-state index contributed by atoms with van der Waals surface area (Å²) in [7, 11) is 0. The van der Waals surface area contributed by atoms with E-state index in [9.17, 15) is 9.59 Å². The molecule has 2 rings (SSSR count). The monoisotopic (exact) mass is 295 g/mol. The molecule has 2 heterocycles. The molecule has 0 spiro atoms. The van der Waals surface area contributed by atoms with Crippen molar-refractivity contribution in [2.75, 3.05) is 0 Å². The van der Waals surface area contributed by atoms with E-state index < -0.39 is 5.69 Å². The fourth-order valence-electron chi connectivity index (χ4n) is 1.47. The van der Waals surface area contributed by atoms with Gasteiger partial charge in [0.2, 0.25) is 0 Å². The Morgan fingerprint density at radius 3 is 2.88 bits per heavy atom. The summed E-state index contributed by atoms with van der Waals surface area (Å²) in [6.45, 7) is 2.04. The second kappa shape index (κ2) is 4.67. The number of halogens is 1. The number of aromatic amines is 1. The molecule has 1 N–H and O–H groups in total. The molecule has 0 saturated carbocycles. The molecule has 5 nitrogen and oxygen atoms in total. The van der Waals surface area contributed by atoms with Gasteiger partial charge in [-0.1, -0.05) is 0 Å². The quantitative estimate of drug-likeness (QED) is 0.900. The Morgan fingerprint density at radius 2 is 2.18 bits per heavy atom. The lowest BCUT2D eigenvalue weighted by molar-refractivity contribution is 0.711. The minimum absolute atomic E-state index is 0.349. The average molecular weight is 296 g/mol. The topological polar surface area (TPSA) is 67.8 Å². The number of nitrogens with one attached hydrogen (secondary N) is 1. The smallest absolute Gasteiger partial charge is 0.296 e. The standard InChI is InChI=1S/C11H10BrN3O2/c1-7-5-15(11(17)14-10(7)16)6-8-2-9(12)4-13-3-8/h2-5H,6H2,1H3,(H,14,16,17). The highest BCUT2D eigenvalue weighted by Crippen LogP contribution is 2.09. The highest BCUT2D eigenvalue weighted by Gasteiger charge is 2.02. The molecule has 0 aliphatic heterocycles. The fourth-order valence-corrected chi connectivity index (χ4v) is 1.89. The van der Waals surface area contributed by atoms with Crippen molar-refractivity contribution in [2.24, 2.45) is 0 Å². The van der Waals surface area contributed by atoms with Gasteiger partial charge in [0.15, 0.2) is 0 Å². The van der Waals surface area contributed by atoms with Crippen LogP contribution in [0.2, 0.25) is 0 Å². The van der Waals surface area contributed by atoms with Crippen LogP contribution in [0.5, 0.6) is 0 Å². The molecule has 0 fully saturated rings. The molecule has 0 saturated heterocycles. The Bertz CT molecular complexity index is 660. The molecular weight excluding hydrogens is 286 g/mol. The molecular formula is C11H10BrN3O2. The number of aromatic nitrogens is 3. The van der Waals surface area contributed by atoms with Gasteiger partial charge in [0.25, 0.3) is 5.56 Å². The normalized spacial score (nSPS) is 10.5. The molecule has 0 radical (unpaired) electrons. The zero-order valence-corrected chi connectivity index (χ0v) is 10.7. The van der Waals surface area contributed by atoms with Gasteiger partial charge < -0.3 is 0 Å². The number of hydrogen-bond acceptors (Lipinski definition) is 3. The largest absolute Gasteiger partial charge is 0.328 e. The molecule has 2 aromatic rings. The van der Waals surface area contributed by atoms with E-state index in [1.807, 2.05) is 6.07 Å². The highest BCUT2D eigenvalue weighted by atomic mass is 79.9. The van der Waals surface area contributed by atoms with E-state index in [4.69, 9.17) is 0 Å². The summed E-state index contributed by atoms with van der Waals surface area (Å²) in [6.07, 6.45) is 4.89. The Kier molecular flexibility index (Phi) is 3.23. The van der Waals surface area contributed by atoms with Gasteiger partial charge in [0, 0.05) is 28.6 Å². The predicted octanol–water partition coefficient (Wildman–Crippen LogP) is 1.05. The first-order chi connectivity index (χ1) is 8.06. The zero-order valence-electron chi connectivity index (χ0n) is 9.11. The molecule has 0 atom stereocenters. The van der Waals surface area contributed by atoms with Crippen LogP contribution >= 0.6 is 15.9 Å². The predicted molar refractivity (Wildman–Crippen MR) is 67.1 cm³/mol. The molecule has 0 bridgehead atoms. The van der Waals surface area contributed by atoms with E-state index in [-0.39, 0.29) is 5.56 Å². The first kappa shape index (κ1) is 11.8. The minimum Gasteiger partial charge on any atom is -0.296 e. The maximum atomic E-state index is 11.6. The van der Waals surface area contributed by atoms with Gasteiger partial charge in [-0.25, -0.2) is 4.79 Å². The Labute approximate surface area is 105 Å². The van der Waals surface area contributed by atoms with E-state index >= 15 is 0 Å². The van der Waals surface area contributed by atoms with Gasteiger partial charge in [-0.15, -0.1) is 0 Å². The number of rotatable bonds is 2. The van der Waals surface area contributed by atoms with Crippen molar-refractivity contribution < 1.29 is 0 Å². The van der Waals surface area contributed by atoms with Gasteiger partial charge in [0.05, 0.1) is 6.54 Å². The molecule has 17 heavy (non-hydrogen) atoms. The molecule has 2 aromatic heterocycles. The molecule has 88 valence electrons.